The summed E-state index contributed by atoms with van der Waals surface area (Å²) < 4.78 is 23.2. The lowest BCUT2D eigenvalue weighted by molar-refractivity contribution is 0.0953. The normalized spacial score (nSPS) is 24.3. The van der Waals surface area contributed by atoms with E-state index in [9.17, 15) is 13.2 Å². The SMILES string of the molecule is CCCCNC(=O)c1cccc(NC2=N[C@@H]3CS(=O)(=O)C[C@@H]3S2)c1. The number of sulfone groups is 1. The standard InChI is InChI=1S/C16H21N3O3S2/c1-2-3-7-17-15(20)11-5-4-6-12(8-11)18-16-19-13-9-24(21,22)10-14(13)23-16/h4-6,8,13-14H,2-3,7,9-10H2,1H3,(H,17,20)(H,18,19)/t13-,14+/m1/s1. The van der Waals surface area contributed by atoms with Crippen LogP contribution in [0.2, 0.25) is 0 Å². The van der Waals surface area contributed by atoms with Crippen molar-refractivity contribution in [2.45, 2.75) is 31.1 Å². The van der Waals surface area contributed by atoms with Crippen molar-refractivity contribution in [1.82, 2.24) is 5.32 Å². The van der Waals surface area contributed by atoms with E-state index in [0.717, 1.165) is 23.7 Å². The quantitative estimate of drug-likeness (QED) is 0.776. The average molecular weight is 367 g/mol. The van der Waals surface area contributed by atoms with E-state index in [1.54, 1.807) is 12.1 Å². The summed E-state index contributed by atoms with van der Waals surface area (Å²) in [6, 6.07) is 7.11. The van der Waals surface area contributed by atoms with Gasteiger partial charge >= 0.3 is 0 Å². The summed E-state index contributed by atoms with van der Waals surface area (Å²) in [6.45, 7) is 2.75. The molecular formula is C16H21N3O3S2. The number of carbonyl (C=O) groups is 1. The first kappa shape index (κ1) is 17.3. The molecule has 2 atom stereocenters. The van der Waals surface area contributed by atoms with Gasteiger partial charge < -0.3 is 10.6 Å². The van der Waals surface area contributed by atoms with E-state index in [1.165, 1.54) is 11.8 Å². The molecule has 2 heterocycles. The summed E-state index contributed by atoms with van der Waals surface area (Å²) in [4.78, 5) is 16.6. The molecule has 0 aliphatic carbocycles. The molecular weight excluding hydrogens is 346 g/mol. The maximum atomic E-state index is 12.1. The van der Waals surface area contributed by atoms with Crippen molar-refractivity contribution >= 4 is 38.4 Å². The van der Waals surface area contributed by atoms with E-state index < -0.39 is 9.84 Å². The van der Waals surface area contributed by atoms with Crippen LogP contribution in [-0.4, -0.2) is 48.8 Å². The molecule has 0 saturated carbocycles. The summed E-state index contributed by atoms with van der Waals surface area (Å²) >= 11 is 1.47. The minimum absolute atomic E-state index is 0.0121. The highest BCUT2D eigenvalue weighted by molar-refractivity contribution is 8.15. The van der Waals surface area contributed by atoms with Gasteiger partial charge in [0.05, 0.1) is 17.5 Å². The Labute approximate surface area is 146 Å². The van der Waals surface area contributed by atoms with Crippen LogP contribution in [0.5, 0.6) is 0 Å². The Balaban J connectivity index is 1.63. The van der Waals surface area contributed by atoms with Crippen molar-refractivity contribution in [3.63, 3.8) is 0 Å². The number of rotatable bonds is 5. The van der Waals surface area contributed by atoms with Crippen molar-refractivity contribution in [3.8, 4) is 0 Å². The molecule has 0 aromatic heterocycles. The highest BCUT2D eigenvalue weighted by Crippen LogP contribution is 2.34. The van der Waals surface area contributed by atoms with Crippen LogP contribution in [0.15, 0.2) is 29.3 Å². The fourth-order valence-electron chi connectivity index (χ4n) is 2.76. The number of amidine groups is 1. The Morgan fingerprint density at radius 3 is 2.96 bits per heavy atom. The van der Waals surface area contributed by atoms with Crippen molar-refractivity contribution in [2.24, 2.45) is 4.99 Å². The van der Waals surface area contributed by atoms with E-state index in [2.05, 4.69) is 22.5 Å². The third-order valence-electron chi connectivity index (χ3n) is 4.01. The molecule has 8 heteroatoms. The highest BCUT2D eigenvalue weighted by Gasteiger charge is 2.42. The molecule has 130 valence electrons. The van der Waals surface area contributed by atoms with Gasteiger partial charge in [0.2, 0.25) is 0 Å². The number of carbonyl (C=O) groups excluding carboxylic acids is 1. The molecule has 2 aliphatic heterocycles. The number of nitrogens with zero attached hydrogens (tertiary/aromatic N) is 1. The number of fused-ring (bicyclic) bond motifs is 1. The second kappa shape index (κ2) is 7.14. The van der Waals surface area contributed by atoms with Crippen LogP contribution < -0.4 is 10.6 Å². The van der Waals surface area contributed by atoms with Crippen LogP contribution in [0.3, 0.4) is 0 Å². The number of hydrogen-bond acceptors (Lipinski definition) is 6. The molecule has 0 radical (unpaired) electrons. The fraction of sp³-hybridized carbons (Fsp3) is 0.500. The first-order valence-electron chi connectivity index (χ1n) is 8.07. The van der Waals surface area contributed by atoms with Crippen LogP contribution in [0.25, 0.3) is 0 Å². The molecule has 24 heavy (non-hydrogen) atoms. The van der Waals surface area contributed by atoms with Crippen molar-refractivity contribution in [1.29, 1.82) is 0 Å². The van der Waals surface area contributed by atoms with Gasteiger partial charge in [-0.2, -0.15) is 0 Å². The van der Waals surface area contributed by atoms with Gasteiger partial charge in [-0.25, -0.2) is 8.42 Å². The zero-order valence-corrected chi connectivity index (χ0v) is 15.1. The Kier molecular flexibility index (Phi) is 5.15. The van der Waals surface area contributed by atoms with Crippen molar-refractivity contribution in [3.05, 3.63) is 29.8 Å². The number of hydrogen-bond donors (Lipinski definition) is 2. The maximum Gasteiger partial charge on any atom is 0.251 e. The summed E-state index contributed by atoms with van der Waals surface area (Å²) in [7, 11) is -2.94. The minimum Gasteiger partial charge on any atom is -0.352 e. The van der Waals surface area contributed by atoms with Gasteiger partial charge in [-0.05, 0) is 24.6 Å². The summed E-state index contributed by atoms with van der Waals surface area (Å²) in [5.74, 6) is 0.239. The third-order valence-corrected chi connectivity index (χ3v) is 7.15. The molecule has 1 amide bonds. The lowest BCUT2D eigenvalue weighted by Crippen LogP contribution is -2.24. The van der Waals surface area contributed by atoms with Gasteiger partial charge in [0.15, 0.2) is 15.0 Å². The molecule has 1 aromatic rings. The van der Waals surface area contributed by atoms with E-state index in [4.69, 9.17) is 0 Å². The van der Waals surface area contributed by atoms with Gasteiger partial charge in [-0.1, -0.05) is 31.2 Å². The Morgan fingerprint density at radius 2 is 2.21 bits per heavy atom. The molecule has 6 nitrogen and oxygen atoms in total. The van der Waals surface area contributed by atoms with E-state index in [-0.39, 0.29) is 28.7 Å². The number of aliphatic imine (C=N–C) groups is 1. The first-order chi connectivity index (χ1) is 11.5. The molecule has 0 spiro atoms. The van der Waals surface area contributed by atoms with Crippen LogP contribution in [0, 0.1) is 0 Å². The smallest absolute Gasteiger partial charge is 0.251 e. The molecule has 0 bridgehead atoms. The summed E-state index contributed by atoms with van der Waals surface area (Å²) in [5.41, 5.74) is 1.38. The average Bonchev–Trinajstić information content (AvgIpc) is 3.00. The predicted molar refractivity (Wildman–Crippen MR) is 98.6 cm³/mol. The van der Waals surface area contributed by atoms with Crippen molar-refractivity contribution in [2.75, 3.05) is 23.4 Å². The monoisotopic (exact) mass is 367 g/mol. The van der Waals surface area contributed by atoms with Gasteiger partial charge in [-0.3, -0.25) is 9.79 Å². The topological polar surface area (TPSA) is 87.6 Å². The van der Waals surface area contributed by atoms with Crippen LogP contribution in [-0.2, 0) is 9.84 Å². The Bertz CT molecular complexity index is 762. The molecule has 0 unspecified atom stereocenters. The zero-order chi connectivity index (χ0) is 17.2. The zero-order valence-electron chi connectivity index (χ0n) is 13.5. The van der Waals surface area contributed by atoms with Crippen LogP contribution >= 0.6 is 11.8 Å². The van der Waals surface area contributed by atoms with Gasteiger partial charge in [0.1, 0.15) is 0 Å². The molecule has 3 rings (SSSR count). The molecule has 1 saturated heterocycles. The fourth-order valence-corrected chi connectivity index (χ4v) is 6.43. The Morgan fingerprint density at radius 1 is 1.38 bits per heavy atom. The number of anilines is 1. The Hall–Kier alpha value is -1.54. The van der Waals surface area contributed by atoms with Crippen LogP contribution in [0.1, 0.15) is 30.1 Å². The number of nitrogens with one attached hydrogen (secondary N) is 2. The van der Waals surface area contributed by atoms with Gasteiger partial charge in [0, 0.05) is 23.0 Å². The second-order valence-electron chi connectivity index (χ2n) is 6.05. The number of benzene rings is 1. The molecule has 2 N–H and O–H groups in total. The third kappa shape index (κ3) is 4.10. The van der Waals surface area contributed by atoms with E-state index in [0.29, 0.717) is 12.1 Å². The molecule has 2 aliphatic rings. The largest absolute Gasteiger partial charge is 0.352 e. The summed E-state index contributed by atoms with van der Waals surface area (Å²) in [5, 5.41) is 6.83. The minimum atomic E-state index is -2.94. The first-order valence-corrected chi connectivity index (χ1v) is 10.8. The lowest BCUT2D eigenvalue weighted by Gasteiger charge is -2.09. The van der Waals surface area contributed by atoms with Crippen molar-refractivity contribution < 1.29 is 13.2 Å². The van der Waals surface area contributed by atoms with Gasteiger partial charge in [0.25, 0.3) is 5.91 Å². The predicted octanol–water partition coefficient (Wildman–Crippen LogP) is 1.90. The van der Waals surface area contributed by atoms with E-state index >= 15 is 0 Å². The van der Waals surface area contributed by atoms with E-state index in [1.807, 2.05) is 12.1 Å². The highest BCUT2D eigenvalue weighted by atomic mass is 32.2. The number of amides is 1. The number of unbranched alkanes of at least 4 members (excludes halogenated alkanes) is 1. The second-order valence-corrected chi connectivity index (χ2v) is 9.43. The molecule has 1 aromatic carbocycles. The number of thioether (sulfide) groups is 1. The lowest BCUT2D eigenvalue weighted by atomic mass is 10.2. The summed E-state index contributed by atoms with van der Waals surface area (Å²) in [6.07, 6.45) is 2.00. The van der Waals surface area contributed by atoms with Crippen LogP contribution in [0.4, 0.5) is 5.69 Å². The van der Waals surface area contributed by atoms with Gasteiger partial charge in [-0.15, -0.1) is 0 Å². The molecule has 1 fully saturated rings. The maximum absolute atomic E-state index is 12.1.